The molecule has 3 rings (SSSR count). The third-order valence-corrected chi connectivity index (χ3v) is 3.70. The van der Waals surface area contributed by atoms with Crippen LogP contribution in [0, 0.1) is 0 Å². The van der Waals surface area contributed by atoms with Crippen molar-refractivity contribution in [3.05, 3.63) is 53.1 Å². The van der Waals surface area contributed by atoms with Crippen molar-refractivity contribution >= 4 is 34.6 Å². The van der Waals surface area contributed by atoms with Crippen molar-refractivity contribution in [2.24, 2.45) is 0 Å². The standard InChI is InChI=1S/C16H15ClN2O2S/c17-12-3-1-2-11(8-12)6-7-18-16(22)19-13-4-5-14-15(9-13)21-10-20-14/h1-5,8-9H,6-7,10H2,(H2,18,19,22). The Morgan fingerprint density at radius 1 is 1.14 bits per heavy atom. The molecule has 4 nitrogen and oxygen atoms in total. The van der Waals surface area contributed by atoms with Gasteiger partial charge < -0.3 is 20.1 Å². The van der Waals surface area contributed by atoms with Gasteiger partial charge in [0, 0.05) is 23.3 Å². The summed E-state index contributed by atoms with van der Waals surface area (Å²) in [6.07, 6.45) is 0.851. The van der Waals surface area contributed by atoms with Gasteiger partial charge in [-0.3, -0.25) is 0 Å². The molecule has 0 aliphatic carbocycles. The van der Waals surface area contributed by atoms with Crippen molar-refractivity contribution in [3.63, 3.8) is 0 Å². The minimum Gasteiger partial charge on any atom is -0.454 e. The Balaban J connectivity index is 1.48. The molecule has 0 atom stereocenters. The zero-order chi connectivity index (χ0) is 15.4. The highest BCUT2D eigenvalue weighted by atomic mass is 35.5. The molecule has 0 aromatic heterocycles. The number of hydrogen-bond donors (Lipinski definition) is 2. The zero-order valence-electron chi connectivity index (χ0n) is 11.8. The fourth-order valence-corrected chi connectivity index (χ4v) is 2.60. The fraction of sp³-hybridized carbons (Fsp3) is 0.188. The molecule has 0 saturated carbocycles. The van der Waals surface area contributed by atoms with E-state index in [1.165, 1.54) is 5.56 Å². The summed E-state index contributed by atoms with van der Waals surface area (Å²) in [5.74, 6) is 1.48. The summed E-state index contributed by atoms with van der Waals surface area (Å²) in [4.78, 5) is 0. The average molecular weight is 335 g/mol. The number of fused-ring (bicyclic) bond motifs is 1. The number of thiocarbonyl (C=S) groups is 1. The second-order valence-electron chi connectivity index (χ2n) is 4.83. The highest BCUT2D eigenvalue weighted by Gasteiger charge is 2.13. The van der Waals surface area contributed by atoms with E-state index in [0.29, 0.717) is 5.11 Å². The Morgan fingerprint density at radius 2 is 2.00 bits per heavy atom. The van der Waals surface area contributed by atoms with E-state index in [2.05, 4.69) is 10.6 Å². The van der Waals surface area contributed by atoms with Crippen molar-refractivity contribution in [1.82, 2.24) is 5.32 Å². The van der Waals surface area contributed by atoms with Gasteiger partial charge in [0.05, 0.1) is 0 Å². The molecule has 1 aliphatic rings. The smallest absolute Gasteiger partial charge is 0.231 e. The minimum atomic E-state index is 0.265. The number of halogens is 1. The Labute approximate surface area is 139 Å². The third kappa shape index (κ3) is 3.81. The van der Waals surface area contributed by atoms with Gasteiger partial charge in [-0.2, -0.15) is 0 Å². The number of benzene rings is 2. The van der Waals surface area contributed by atoms with E-state index in [1.807, 2.05) is 42.5 Å². The van der Waals surface area contributed by atoms with Crippen LogP contribution in [0.4, 0.5) is 5.69 Å². The van der Waals surface area contributed by atoms with Gasteiger partial charge in [-0.1, -0.05) is 23.7 Å². The number of anilines is 1. The summed E-state index contributed by atoms with van der Waals surface area (Å²) in [5, 5.41) is 7.62. The van der Waals surface area contributed by atoms with Gasteiger partial charge in [0.25, 0.3) is 0 Å². The molecule has 1 heterocycles. The minimum absolute atomic E-state index is 0.265. The summed E-state index contributed by atoms with van der Waals surface area (Å²) >= 11 is 11.2. The van der Waals surface area contributed by atoms with Gasteiger partial charge in [0.15, 0.2) is 16.6 Å². The van der Waals surface area contributed by atoms with Crippen LogP contribution in [0.25, 0.3) is 0 Å². The maximum atomic E-state index is 5.96. The largest absolute Gasteiger partial charge is 0.454 e. The average Bonchev–Trinajstić information content (AvgIpc) is 2.95. The first-order valence-electron chi connectivity index (χ1n) is 6.90. The summed E-state index contributed by atoms with van der Waals surface area (Å²) in [5.41, 5.74) is 2.04. The quantitative estimate of drug-likeness (QED) is 0.836. The molecule has 22 heavy (non-hydrogen) atoms. The normalized spacial score (nSPS) is 12.0. The lowest BCUT2D eigenvalue weighted by Gasteiger charge is -2.11. The topological polar surface area (TPSA) is 42.5 Å². The van der Waals surface area contributed by atoms with Crippen molar-refractivity contribution in [1.29, 1.82) is 0 Å². The van der Waals surface area contributed by atoms with Crippen LogP contribution in [0.5, 0.6) is 11.5 Å². The predicted octanol–water partition coefficient (Wildman–Crippen LogP) is 3.60. The predicted molar refractivity (Wildman–Crippen MR) is 91.9 cm³/mol. The van der Waals surface area contributed by atoms with Gasteiger partial charge in [0.2, 0.25) is 6.79 Å². The molecule has 2 N–H and O–H groups in total. The Hall–Kier alpha value is -1.98. The molecule has 0 bridgehead atoms. The molecule has 0 spiro atoms. The highest BCUT2D eigenvalue weighted by Crippen LogP contribution is 2.34. The van der Waals surface area contributed by atoms with E-state index in [0.717, 1.165) is 35.2 Å². The van der Waals surface area contributed by atoms with E-state index >= 15 is 0 Å². The maximum Gasteiger partial charge on any atom is 0.231 e. The molecule has 1 aliphatic heterocycles. The van der Waals surface area contributed by atoms with E-state index in [4.69, 9.17) is 33.3 Å². The summed E-state index contributed by atoms with van der Waals surface area (Å²) in [6.45, 7) is 0.998. The molecule has 0 radical (unpaired) electrons. The Bertz CT molecular complexity index is 694. The number of rotatable bonds is 4. The lowest BCUT2D eigenvalue weighted by Crippen LogP contribution is -2.30. The van der Waals surface area contributed by atoms with E-state index in [1.54, 1.807) is 0 Å². The number of ether oxygens (including phenoxy) is 2. The molecule has 2 aromatic carbocycles. The molecular formula is C16H15ClN2O2S. The van der Waals surface area contributed by atoms with Crippen LogP contribution in [-0.2, 0) is 6.42 Å². The van der Waals surface area contributed by atoms with Gasteiger partial charge in [-0.25, -0.2) is 0 Å². The lowest BCUT2D eigenvalue weighted by molar-refractivity contribution is 0.174. The molecule has 0 saturated heterocycles. The Morgan fingerprint density at radius 3 is 2.86 bits per heavy atom. The maximum absolute atomic E-state index is 5.96. The zero-order valence-corrected chi connectivity index (χ0v) is 13.3. The van der Waals surface area contributed by atoms with Crippen molar-refractivity contribution < 1.29 is 9.47 Å². The van der Waals surface area contributed by atoms with Gasteiger partial charge in [-0.05, 0) is 48.5 Å². The number of nitrogens with one attached hydrogen (secondary N) is 2. The first-order valence-corrected chi connectivity index (χ1v) is 7.68. The first-order chi connectivity index (χ1) is 10.7. The molecule has 0 amide bonds. The van der Waals surface area contributed by atoms with Crippen LogP contribution in [0.2, 0.25) is 5.02 Å². The fourth-order valence-electron chi connectivity index (χ4n) is 2.16. The van der Waals surface area contributed by atoms with Crippen LogP contribution < -0.4 is 20.1 Å². The molecule has 0 unspecified atom stereocenters. The van der Waals surface area contributed by atoms with Crippen molar-refractivity contribution in [2.75, 3.05) is 18.7 Å². The number of hydrogen-bond acceptors (Lipinski definition) is 3. The molecule has 114 valence electrons. The third-order valence-electron chi connectivity index (χ3n) is 3.22. The second kappa shape index (κ2) is 6.85. The SMILES string of the molecule is S=C(NCCc1cccc(Cl)c1)Nc1ccc2c(c1)OCO2. The van der Waals surface area contributed by atoms with E-state index in [9.17, 15) is 0 Å². The van der Waals surface area contributed by atoms with Crippen LogP contribution in [0.1, 0.15) is 5.56 Å². The highest BCUT2D eigenvalue weighted by molar-refractivity contribution is 7.80. The monoisotopic (exact) mass is 334 g/mol. The van der Waals surface area contributed by atoms with Gasteiger partial charge in [-0.15, -0.1) is 0 Å². The second-order valence-corrected chi connectivity index (χ2v) is 5.67. The van der Waals surface area contributed by atoms with Crippen LogP contribution >= 0.6 is 23.8 Å². The summed E-state index contributed by atoms with van der Waals surface area (Å²) in [6, 6.07) is 13.4. The molecular weight excluding hydrogens is 320 g/mol. The molecule has 2 aromatic rings. The van der Waals surface area contributed by atoms with Crippen molar-refractivity contribution in [2.45, 2.75) is 6.42 Å². The van der Waals surface area contributed by atoms with Crippen LogP contribution in [-0.4, -0.2) is 18.5 Å². The van der Waals surface area contributed by atoms with E-state index < -0.39 is 0 Å². The lowest BCUT2D eigenvalue weighted by atomic mass is 10.1. The van der Waals surface area contributed by atoms with Crippen LogP contribution in [0.3, 0.4) is 0 Å². The van der Waals surface area contributed by atoms with Gasteiger partial charge >= 0.3 is 0 Å². The van der Waals surface area contributed by atoms with Crippen LogP contribution in [0.15, 0.2) is 42.5 Å². The van der Waals surface area contributed by atoms with Gasteiger partial charge in [0.1, 0.15) is 0 Å². The Kier molecular flexibility index (Phi) is 4.65. The summed E-state index contributed by atoms with van der Waals surface area (Å²) < 4.78 is 10.6. The molecule has 0 fully saturated rings. The molecule has 6 heteroatoms. The summed E-state index contributed by atoms with van der Waals surface area (Å²) in [7, 11) is 0. The van der Waals surface area contributed by atoms with Crippen molar-refractivity contribution in [3.8, 4) is 11.5 Å². The van der Waals surface area contributed by atoms with E-state index in [-0.39, 0.29) is 6.79 Å². The first kappa shape index (κ1) is 14.9.